The van der Waals surface area contributed by atoms with Crippen LogP contribution in [0.1, 0.15) is 41.3 Å². The molecule has 1 aliphatic carbocycles. The highest BCUT2D eigenvalue weighted by Gasteiger charge is 2.24. The number of aromatic nitrogens is 2. The van der Waals surface area contributed by atoms with E-state index in [1.54, 1.807) is 0 Å². The predicted molar refractivity (Wildman–Crippen MR) is 119 cm³/mol. The summed E-state index contributed by atoms with van der Waals surface area (Å²) in [7, 11) is 0. The first-order valence-corrected chi connectivity index (χ1v) is 10.4. The molecule has 2 aromatic carbocycles. The Bertz CT molecular complexity index is 1270. The number of hydrogen-bond donors (Lipinski definition) is 2. The number of hydrogen-bond acceptors (Lipinski definition) is 2. The Balaban J connectivity index is 1.75. The van der Waals surface area contributed by atoms with Gasteiger partial charge in [-0.25, -0.2) is 4.98 Å². The van der Waals surface area contributed by atoms with Gasteiger partial charge in [0.15, 0.2) is 0 Å². The highest BCUT2D eigenvalue weighted by atomic mass is 35.5. The van der Waals surface area contributed by atoms with E-state index in [2.05, 4.69) is 40.4 Å². The highest BCUT2D eigenvalue weighted by molar-refractivity contribution is 6.38. The van der Waals surface area contributed by atoms with Gasteiger partial charge in [0, 0.05) is 28.6 Å². The van der Waals surface area contributed by atoms with Crippen LogP contribution in [0.25, 0.3) is 33.1 Å². The van der Waals surface area contributed by atoms with E-state index in [0.717, 1.165) is 68.5 Å². The number of carbonyl (C=O) groups is 1. The molecule has 1 aliphatic rings. The highest BCUT2D eigenvalue weighted by Crippen LogP contribution is 2.40. The molecule has 5 heteroatoms. The van der Waals surface area contributed by atoms with E-state index >= 15 is 0 Å². The van der Waals surface area contributed by atoms with Crippen LogP contribution in [0.15, 0.2) is 42.6 Å². The summed E-state index contributed by atoms with van der Waals surface area (Å²) in [6, 6.07) is 12.5. The Morgan fingerprint density at radius 1 is 1.28 bits per heavy atom. The summed E-state index contributed by atoms with van der Waals surface area (Å²) < 4.78 is 0. The van der Waals surface area contributed by atoms with Gasteiger partial charge in [-0.3, -0.25) is 4.79 Å². The molecule has 1 fully saturated rings. The molecule has 0 aliphatic heterocycles. The minimum atomic E-state index is -0.00768. The van der Waals surface area contributed by atoms with Crippen LogP contribution < -0.4 is 5.32 Å². The van der Waals surface area contributed by atoms with Crippen molar-refractivity contribution >= 4 is 39.4 Å². The summed E-state index contributed by atoms with van der Waals surface area (Å²) in [6.45, 7) is 4.14. The van der Waals surface area contributed by atoms with Gasteiger partial charge in [-0.15, -0.1) is 0 Å². The number of benzene rings is 2. The number of halogens is 1. The van der Waals surface area contributed by atoms with Crippen LogP contribution in [-0.2, 0) is 6.42 Å². The SMILES string of the molecule is CCc1cc(-c2cccc(C(=O)NC3CC3)c2)c2c([nH]c3ncc(C)cc32)c1Cl. The van der Waals surface area contributed by atoms with Crippen LogP contribution in [-0.4, -0.2) is 21.9 Å². The summed E-state index contributed by atoms with van der Waals surface area (Å²) in [5.74, 6) is -0.00768. The number of fused-ring (bicyclic) bond motifs is 3. The number of amides is 1. The van der Waals surface area contributed by atoms with Crippen LogP contribution in [0.5, 0.6) is 0 Å². The number of aromatic amines is 1. The smallest absolute Gasteiger partial charge is 0.251 e. The Kier molecular flexibility index (Phi) is 4.32. The van der Waals surface area contributed by atoms with Crippen LogP contribution in [0, 0.1) is 6.92 Å². The fourth-order valence-corrected chi connectivity index (χ4v) is 4.23. The molecule has 0 radical (unpaired) electrons. The molecule has 2 heterocycles. The minimum Gasteiger partial charge on any atom is -0.349 e. The van der Waals surface area contributed by atoms with Crippen LogP contribution in [0.3, 0.4) is 0 Å². The van der Waals surface area contributed by atoms with Crippen molar-refractivity contribution < 1.29 is 4.79 Å². The molecule has 2 N–H and O–H groups in total. The molecule has 2 aromatic heterocycles. The first kappa shape index (κ1) is 18.2. The lowest BCUT2D eigenvalue weighted by molar-refractivity contribution is 0.0951. The molecular formula is C24H22ClN3O. The second-order valence-corrected chi connectivity index (χ2v) is 8.24. The summed E-state index contributed by atoms with van der Waals surface area (Å²) in [5.41, 5.74) is 6.66. The Hall–Kier alpha value is -2.85. The van der Waals surface area contributed by atoms with E-state index in [4.69, 9.17) is 11.6 Å². The summed E-state index contributed by atoms with van der Waals surface area (Å²) >= 11 is 6.74. The topological polar surface area (TPSA) is 57.8 Å². The average molecular weight is 404 g/mol. The largest absolute Gasteiger partial charge is 0.349 e. The first-order chi connectivity index (χ1) is 14.0. The van der Waals surface area contributed by atoms with Crippen molar-refractivity contribution in [2.24, 2.45) is 0 Å². The molecular weight excluding hydrogens is 382 g/mol. The number of pyridine rings is 1. The number of aryl methyl sites for hydroxylation is 2. The van der Waals surface area contributed by atoms with E-state index in [1.165, 1.54) is 0 Å². The van der Waals surface area contributed by atoms with Crippen molar-refractivity contribution in [2.45, 2.75) is 39.2 Å². The zero-order chi connectivity index (χ0) is 20.1. The van der Waals surface area contributed by atoms with Gasteiger partial charge < -0.3 is 10.3 Å². The zero-order valence-corrected chi connectivity index (χ0v) is 17.2. The van der Waals surface area contributed by atoms with Gasteiger partial charge in [0.05, 0.1) is 10.5 Å². The predicted octanol–water partition coefficient (Wildman–Crippen LogP) is 5.80. The lowest BCUT2D eigenvalue weighted by Gasteiger charge is -2.12. The molecule has 0 atom stereocenters. The van der Waals surface area contributed by atoms with Gasteiger partial charge >= 0.3 is 0 Å². The van der Waals surface area contributed by atoms with Crippen LogP contribution in [0.2, 0.25) is 5.02 Å². The van der Waals surface area contributed by atoms with Crippen molar-refractivity contribution in [3.8, 4) is 11.1 Å². The number of rotatable bonds is 4. The molecule has 0 saturated heterocycles. The van der Waals surface area contributed by atoms with Crippen LogP contribution >= 0.6 is 11.6 Å². The van der Waals surface area contributed by atoms with Crippen molar-refractivity contribution in [3.63, 3.8) is 0 Å². The molecule has 5 rings (SSSR count). The third-order valence-electron chi connectivity index (χ3n) is 5.61. The molecule has 1 amide bonds. The van der Waals surface area contributed by atoms with E-state index in [-0.39, 0.29) is 5.91 Å². The monoisotopic (exact) mass is 403 g/mol. The lowest BCUT2D eigenvalue weighted by atomic mass is 9.95. The van der Waals surface area contributed by atoms with Crippen molar-refractivity contribution in [1.82, 2.24) is 15.3 Å². The number of nitrogens with one attached hydrogen (secondary N) is 2. The Morgan fingerprint density at radius 2 is 2.10 bits per heavy atom. The Morgan fingerprint density at radius 3 is 2.86 bits per heavy atom. The number of H-pyrrole nitrogens is 1. The van der Waals surface area contributed by atoms with Crippen molar-refractivity contribution in [1.29, 1.82) is 0 Å². The maximum Gasteiger partial charge on any atom is 0.251 e. The third-order valence-corrected chi connectivity index (χ3v) is 6.04. The van der Waals surface area contributed by atoms with Gasteiger partial charge in [-0.05, 0) is 72.7 Å². The fraction of sp³-hybridized carbons (Fsp3) is 0.250. The molecule has 29 heavy (non-hydrogen) atoms. The fourth-order valence-electron chi connectivity index (χ4n) is 3.90. The maximum atomic E-state index is 12.6. The van der Waals surface area contributed by atoms with E-state index in [1.807, 2.05) is 31.3 Å². The molecule has 4 nitrogen and oxygen atoms in total. The zero-order valence-electron chi connectivity index (χ0n) is 16.5. The number of nitrogens with zero attached hydrogens (tertiary/aromatic N) is 1. The van der Waals surface area contributed by atoms with Gasteiger partial charge in [0.1, 0.15) is 5.65 Å². The van der Waals surface area contributed by atoms with Gasteiger partial charge in [0.2, 0.25) is 0 Å². The molecule has 0 bridgehead atoms. The van der Waals surface area contributed by atoms with Crippen LogP contribution in [0.4, 0.5) is 0 Å². The van der Waals surface area contributed by atoms with Crippen molar-refractivity contribution in [3.05, 3.63) is 64.3 Å². The van der Waals surface area contributed by atoms with E-state index in [9.17, 15) is 4.79 Å². The van der Waals surface area contributed by atoms with Crippen molar-refractivity contribution in [2.75, 3.05) is 0 Å². The van der Waals surface area contributed by atoms with E-state index in [0.29, 0.717) is 11.6 Å². The molecule has 0 unspecified atom stereocenters. The molecule has 146 valence electrons. The Labute approximate surface area is 174 Å². The maximum absolute atomic E-state index is 12.6. The molecule has 1 saturated carbocycles. The molecule has 4 aromatic rings. The van der Waals surface area contributed by atoms with E-state index < -0.39 is 0 Å². The summed E-state index contributed by atoms with van der Waals surface area (Å²) in [5, 5.41) is 5.92. The molecule has 0 spiro atoms. The average Bonchev–Trinajstić information content (AvgIpc) is 3.46. The van der Waals surface area contributed by atoms with Gasteiger partial charge in [-0.2, -0.15) is 0 Å². The first-order valence-electron chi connectivity index (χ1n) is 10.1. The minimum absolute atomic E-state index is 0.00768. The quantitative estimate of drug-likeness (QED) is 0.452. The van der Waals surface area contributed by atoms with Gasteiger partial charge in [-0.1, -0.05) is 30.7 Å². The number of carbonyl (C=O) groups excluding carboxylic acids is 1. The second kappa shape index (κ2) is 6.89. The lowest BCUT2D eigenvalue weighted by Crippen LogP contribution is -2.25. The van der Waals surface area contributed by atoms with Gasteiger partial charge in [0.25, 0.3) is 5.91 Å². The summed E-state index contributed by atoms with van der Waals surface area (Å²) in [6.07, 6.45) is 4.83. The second-order valence-electron chi connectivity index (χ2n) is 7.86. The normalized spacial score (nSPS) is 13.9. The standard InChI is InChI=1S/C24H22ClN3O/c1-3-14-11-18(15-5-4-6-16(10-15)24(29)27-17-7-8-17)20-19-9-13(2)12-26-23(19)28-22(20)21(14)25/h4-6,9-12,17H,3,7-8H2,1-2H3,(H,26,28)(H,27,29). The third kappa shape index (κ3) is 3.18. The summed E-state index contributed by atoms with van der Waals surface area (Å²) in [4.78, 5) is 20.5.